The number of nitrogens with zero attached hydrogens (tertiary/aromatic N) is 3. The average molecular weight is 352 g/mol. The molecule has 0 saturated carbocycles. The predicted octanol–water partition coefficient (Wildman–Crippen LogP) is 1.96. The Hall–Kier alpha value is -2.59. The van der Waals surface area contributed by atoms with E-state index in [4.69, 9.17) is 8.94 Å². The summed E-state index contributed by atoms with van der Waals surface area (Å²) in [6.07, 6.45) is 0. The number of hydrogen-bond donors (Lipinski definition) is 1. The van der Waals surface area contributed by atoms with Crippen molar-refractivity contribution in [2.45, 2.75) is 25.3 Å². The smallest absolute Gasteiger partial charge is 0.247 e. The van der Waals surface area contributed by atoms with Crippen LogP contribution in [0.15, 0.2) is 38.1 Å². The van der Waals surface area contributed by atoms with E-state index in [1.54, 1.807) is 0 Å². The second kappa shape index (κ2) is 6.13. The van der Waals surface area contributed by atoms with Gasteiger partial charge >= 0.3 is 0 Å². The Labute approximate surface area is 136 Å². The molecule has 3 aromatic rings. The van der Waals surface area contributed by atoms with Crippen molar-refractivity contribution in [3.05, 3.63) is 47.4 Å². The molecule has 0 fully saturated rings. The summed E-state index contributed by atoms with van der Waals surface area (Å²) in [5, 5.41) is 11.2. The number of sulfonamides is 1. The SMILES string of the molecule is Cc1noc(C)c1S(=O)(=O)NCc1nnc(-c2ccc(F)cc2)o1. The largest absolute Gasteiger partial charge is 0.419 e. The minimum absolute atomic E-state index is 0.0132. The Kier molecular flexibility index (Phi) is 4.16. The molecule has 0 aliphatic rings. The first-order valence-electron chi connectivity index (χ1n) is 6.87. The van der Waals surface area contributed by atoms with E-state index in [1.807, 2.05) is 0 Å². The van der Waals surface area contributed by atoms with Crippen LogP contribution in [0.2, 0.25) is 0 Å². The zero-order chi connectivity index (χ0) is 17.3. The molecule has 2 heterocycles. The molecule has 1 N–H and O–H groups in total. The van der Waals surface area contributed by atoms with E-state index in [0.717, 1.165) is 0 Å². The van der Waals surface area contributed by atoms with Gasteiger partial charge in [0.25, 0.3) is 0 Å². The van der Waals surface area contributed by atoms with E-state index in [0.29, 0.717) is 5.56 Å². The van der Waals surface area contributed by atoms with Crippen molar-refractivity contribution in [1.29, 1.82) is 0 Å². The minimum atomic E-state index is -3.82. The van der Waals surface area contributed by atoms with Gasteiger partial charge in [0.2, 0.25) is 21.8 Å². The Bertz CT molecular complexity index is 944. The fourth-order valence-corrected chi connectivity index (χ4v) is 3.42. The highest BCUT2D eigenvalue weighted by Crippen LogP contribution is 2.20. The topological polar surface area (TPSA) is 111 Å². The van der Waals surface area contributed by atoms with Gasteiger partial charge in [-0.05, 0) is 38.1 Å². The normalized spacial score (nSPS) is 11.8. The van der Waals surface area contributed by atoms with Crippen molar-refractivity contribution in [1.82, 2.24) is 20.1 Å². The van der Waals surface area contributed by atoms with Crippen LogP contribution in [-0.2, 0) is 16.6 Å². The van der Waals surface area contributed by atoms with Gasteiger partial charge in [-0.1, -0.05) is 5.16 Å². The van der Waals surface area contributed by atoms with E-state index >= 15 is 0 Å². The van der Waals surface area contributed by atoms with Crippen LogP contribution in [0.5, 0.6) is 0 Å². The quantitative estimate of drug-likeness (QED) is 0.747. The summed E-state index contributed by atoms with van der Waals surface area (Å²) in [5.41, 5.74) is 0.793. The highest BCUT2D eigenvalue weighted by Gasteiger charge is 2.24. The van der Waals surface area contributed by atoms with Gasteiger partial charge in [0, 0.05) is 5.56 Å². The van der Waals surface area contributed by atoms with Gasteiger partial charge in [-0.25, -0.2) is 17.5 Å². The van der Waals surface area contributed by atoms with Crippen LogP contribution in [0.4, 0.5) is 4.39 Å². The Morgan fingerprint density at radius 2 is 1.88 bits per heavy atom. The zero-order valence-electron chi connectivity index (χ0n) is 12.8. The Morgan fingerprint density at radius 1 is 1.17 bits per heavy atom. The molecule has 24 heavy (non-hydrogen) atoms. The van der Waals surface area contributed by atoms with E-state index in [-0.39, 0.29) is 40.5 Å². The molecule has 10 heteroatoms. The molecule has 126 valence electrons. The average Bonchev–Trinajstić information content (AvgIpc) is 3.13. The monoisotopic (exact) mass is 352 g/mol. The number of benzene rings is 1. The molecule has 0 radical (unpaired) electrons. The summed E-state index contributed by atoms with van der Waals surface area (Å²) < 4.78 is 50.0. The molecule has 0 spiro atoms. The molecule has 8 nitrogen and oxygen atoms in total. The lowest BCUT2D eigenvalue weighted by Gasteiger charge is -2.03. The fraction of sp³-hybridized carbons (Fsp3) is 0.214. The molecule has 0 atom stereocenters. The van der Waals surface area contributed by atoms with Gasteiger partial charge in [-0.2, -0.15) is 0 Å². The third kappa shape index (κ3) is 3.19. The fourth-order valence-electron chi connectivity index (χ4n) is 2.12. The van der Waals surface area contributed by atoms with Crippen LogP contribution in [0, 0.1) is 19.7 Å². The predicted molar refractivity (Wildman–Crippen MR) is 79.7 cm³/mol. The lowest BCUT2D eigenvalue weighted by atomic mass is 10.2. The van der Waals surface area contributed by atoms with Crippen LogP contribution in [0.1, 0.15) is 17.3 Å². The molecular weight excluding hydrogens is 339 g/mol. The number of nitrogens with one attached hydrogen (secondary N) is 1. The maximum atomic E-state index is 12.9. The third-order valence-electron chi connectivity index (χ3n) is 3.21. The number of rotatable bonds is 5. The summed E-state index contributed by atoms with van der Waals surface area (Å²) in [7, 11) is -3.82. The van der Waals surface area contributed by atoms with Crippen LogP contribution >= 0.6 is 0 Å². The third-order valence-corrected chi connectivity index (χ3v) is 4.85. The molecule has 0 amide bonds. The van der Waals surface area contributed by atoms with Gasteiger partial charge in [0.05, 0.1) is 6.54 Å². The standard InChI is InChI=1S/C14H13FN4O4S/c1-8-13(9(2)23-19-8)24(20,21)16-7-12-17-18-14(22-12)10-3-5-11(15)6-4-10/h3-6,16H,7H2,1-2H3. The molecule has 0 saturated heterocycles. The maximum absolute atomic E-state index is 12.9. The van der Waals surface area contributed by atoms with Crippen molar-refractivity contribution in [2.75, 3.05) is 0 Å². The first-order valence-corrected chi connectivity index (χ1v) is 8.36. The van der Waals surface area contributed by atoms with Gasteiger partial charge in [-0.15, -0.1) is 10.2 Å². The van der Waals surface area contributed by atoms with Gasteiger partial charge in [0.1, 0.15) is 16.4 Å². The zero-order valence-corrected chi connectivity index (χ0v) is 13.6. The lowest BCUT2D eigenvalue weighted by Crippen LogP contribution is -2.24. The van der Waals surface area contributed by atoms with Crippen molar-refractivity contribution in [3.63, 3.8) is 0 Å². The van der Waals surface area contributed by atoms with E-state index in [2.05, 4.69) is 20.1 Å². The van der Waals surface area contributed by atoms with Crippen LogP contribution in [-0.4, -0.2) is 23.8 Å². The van der Waals surface area contributed by atoms with Gasteiger partial charge in [0.15, 0.2) is 5.76 Å². The summed E-state index contributed by atoms with van der Waals surface area (Å²) in [4.78, 5) is -0.0132. The van der Waals surface area contributed by atoms with Gasteiger partial charge in [-0.3, -0.25) is 0 Å². The molecule has 0 aliphatic carbocycles. The molecule has 1 aromatic carbocycles. The first-order chi connectivity index (χ1) is 11.4. The van der Waals surface area contributed by atoms with E-state index in [1.165, 1.54) is 38.1 Å². The number of aryl methyl sites for hydroxylation is 2. The van der Waals surface area contributed by atoms with Crippen LogP contribution in [0.3, 0.4) is 0 Å². The van der Waals surface area contributed by atoms with Crippen molar-refractivity contribution in [3.8, 4) is 11.5 Å². The van der Waals surface area contributed by atoms with Crippen molar-refractivity contribution in [2.24, 2.45) is 0 Å². The number of aromatic nitrogens is 3. The first kappa shape index (κ1) is 16.3. The molecular formula is C14H13FN4O4S. The van der Waals surface area contributed by atoms with Crippen molar-refractivity contribution >= 4 is 10.0 Å². The maximum Gasteiger partial charge on any atom is 0.247 e. The highest BCUT2D eigenvalue weighted by molar-refractivity contribution is 7.89. The molecule has 0 unspecified atom stereocenters. The van der Waals surface area contributed by atoms with E-state index < -0.39 is 10.0 Å². The van der Waals surface area contributed by atoms with Crippen molar-refractivity contribution < 1.29 is 21.7 Å². The molecule has 0 aliphatic heterocycles. The van der Waals surface area contributed by atoms with Gasteiger partial charge < -0.3 is 8.94 Å². The van der Waals surface area contributed by atoms with Crippen LogP contribution in [0.25, 0.3) is 11.5 Å². The lowest BCUT2D eigenvalue weighted by molar-refractivity contribution is 0.390. The summed E-state index contributed by atoms with van der Waals surface area (Å²) in [6.45, 7) is 2.85. The second-order valence-electron chi connectivity index (χ2n) is 4.99. The molecule has 2 aromatic heterocycles. The highest BCUT2D eigenvalue weighted by atomic mass is 32.2. The van der Waals surface area contributed by atoms with E-state index in [9.17, 15) is 12.8 Å². The number of hydrogen-bond acceptors (Lipinski definition) is 7. The summed E-state index contributed by atoms with van der Waals surface area (Å²) in [6, 6.07) is 5.50. The minimum Gasteiger partial charge on any atom is -0.419 e. The number of halogens is 1. The summed E-state index contributed by atoms with van der Waals surface area (Å²) in [5.74, 6) is 0.0504. The Balaban J connectivity index is 1.75. The molecule has 0 bridgehead atoms. The molecule has 3 rings (SSSR count). The summed E-state index contributed by atoms with van der Waals surface area (Å²) >= 11 is 0. The Morgan fingerprint density at radius 3 is 2.50 bits per heavy atom. The van der Waals surface area contributed by atoms with Crippen LogP contribution < -0.4 is 4.72 Å². The second-order valence-corrected chi connectivity index (χ2v) is 6.69.